The molecule has 142 valence electrons. The van der Waals surface area contributed by atoms with Crippen molar-refractivity contribution in [3.63, 3.8) is 0 Å². The molecule has 1 N–H and O–H groups in total. The summed E-state index contributed by atoms with van der Waals surface area (Å²) in [5.74, 6) is -1.03. The molecule has 0 saturated carbocycles. The van der Waals surface area contributed by atoms with Crippen LogP contribution >= 0.6 is 0 Å². The summed E-state index contributed by atoms with van der Waals surface area (Å²) in [5.41, 5.74) is 0.811. The molecular formula is C20H27FN2O3. The van der Waals surface area contributed by atoms with Gasteiger partial charge < -0.3 is 14.8 Å². The first-order chi connectivity index (χ1) is 12.5. The minimum atomic E-state index is -0.773. The normalized spacial score (nSPS) is 26.4. The summed E-state index contributed by atoms with van der Waals surface area (Å²) in [6.07, 6.45) is 4.56. The molecule has 0 spiro atoms. The van der Waals surface area contributed by atoms with Gasteiger partial charge in [-0.2, -0.15) is 0 Å². The van der Waals surface area contributed by atoms with Gasteiger partial charge in [-0.25, -0.2) is 4.39 Å². The summed E-state index contributed by atoms with van der Waals surface area (Å²) < 4.78 is 13.1. The molecule has 1 saturated heterocycles. The van der Waals surface area contributed by atoms with Gasteiger partial charge in [-0.3, -0.25) is 4.79 Å². The Balaban J connectivity index is 1.64. The zero-order chi connectivity index (χ0) is 18.6. The van der Waals surface area contributed by atoms with E-state index >= 15 is 0 Å². The Morgan fingerprint density at radius 3 is 2.88 bits per heavy atom. The van der Waals surface area contributed by atoms with E-state index in [1.807, 2.05) is 0 Å². The van der Waals surface area contributed by atoms with Crippen LogP contribution in [0.25, 0.3) is 0 Å². The molecule has 0 aromatic heterocycles. The topological polar surface area (TPSA) is 62.1 Å². The van der Waals surface area contributed by atoms with Gasteiger partial charge in [0.2, 0.25) is 0 Å². The van der Waals surface area contributed by atoms with E-state index < -0.39 is 11.4 Å². The molecule has 6 heteroatoms. The molecular weight excluding hydrogens is 335 g/mol. The van der Waals surface area contributed by atoms with E-state index in [-0.39, 0.29) is 11.9 Å². The number of carboxylic acids is 1. The average Bonchev–Trinajstić information content (AvgIpc) is 3.09. The lowest BCUT2D eigenvalue weighted by atomic mass is 9.74. The number of carboxylic acid groups (broad SMARTS) is 1. The van der Waals surface area contributed by atoms with E-state index in [1.54, 1.807) is 12.1 Å². The van der Waals surface area contributed by atoms with Gasteiger partial charge in [0.05, 0.1) is 11.1 Å². The van der Waals surface area contributed by atoms with Crippen molar-refractivity contribution in [2.75, 3.05) is 19.6 Å². The van der Waals surface area contributed by atoms with E-state index in [0.29, 0.717) is 25.8 Å². The lowest BCUT2D eigenvalue weighted by Crippen LogP contribution is -2.49. The lowest BCUT2D eigenvalue weighted by molar-refractivity contribution is -0.155. The molecule has 1 fully saturated rings. The first kappa shape index (κ1) is 18.8. The Labute approximate surface area is 153 Å². The zero-order valence-corrected chi connectivity index (χ0v) is 15.3. The van der Waals surface area contributed by atoms with Crippen molar-refractivity contribution < 1.29 is 19.1 Å². The highest BCUT2D eigenvalue weighted by atomic mass is 19.1. The first-order valence-corrected chi connectivity index (χ1v) is 9.47. The summed E-state index contributed by atoms with van der Waals surface area (Å²) in [5, 5.41) is 14.1. The van der Waals surface area contributed by atoms with Gasteiger partial charge in [-0.15, -0.1) is 0 Å². The van der Waals surface area contributed by atoms with Crippen LogP contribution in [0.15, 0.2) is 29.4 Å². The number of unbranched alkanes of at least 4 members (excludes halogenated alkanes) is 1. The fourth-order valence-electron chi connectivity index (χ4n) is 4.01. The molecule has 3 rings (SSSR count). The largest absolute Gasteiger partial charge is 0.481 e. The van der Waals surface area contributed by atoms with E-state index in [9.17, 15) is 14.3 Å². The van der Waals surface area contributed by atoms with Crippen LogP contribution in [0.1, 0.15) is 51.0 Å². The number of likely N-dealkylation sites (tertiary alicyclic amines) is 1. The fourth-order valence-corrected chi connectivity index (χ4v) is 4.01. The Bertz CT molecular complexity index is 662. The molecule has 1 aromatic rings. The summed E-state index contributed by atoms with van der Waals surface area (Å²) in [4.78, 5) is 19.9. The second kappa shape index (κ2) is 8.16. The lowest BCUT2D eigenvalue weighted by Gasteiger charge is -2.40. The van der Waals surface area contributed by atoms with E-state index in [1.165, 1.54) is 12.1 Å². The van der Waals surface area contributed by atoms with Gasteiger partial charge in [-0.1, -0.05) is 30.6 Å². The van der Waals surface area contributed by atoms with Crippen molar-refractivity contribution in [3.8, 4) is 0 Å². The van der Waals surface area contributed by atoms with Crippen LogP contribution in [-0.2, 0) is 9.63 Å². The molecule has 5 nitrogen and oxygen atoms in total. The van der Waals surface area contributed by atoms with Gasteiger partial charge >= 0.3 is 5.97 Å². The highest BCUT2D eigenvalue weighted by Crippen LogP contribution is 2.38. The molecule has 0 bridgehead atoms. The smallest absolute Gasteiger partial charge is 0.311 e. The number of nitrogens with zero attached hydrogens (tertiary/aromatic N) is 2. The van der Waals surface area contributed by atoms with Crippen LogP contribution in [0.5, 0.6) is 0 Å². The summed E-state index contributed by atoms with van der Waals surface area (Å²) in [6.45, 7) is 4.65. The van der Waals surface area contributed by atoms with Crippen molar-refractivity contribution in [2.24, 2.45) is 10.6 Å². The standard InChI is InChI=1S/C20H27FN2O3/c1-2-3-10-23-11-4-9-20(14-23,19(24)25)13-17-12-18(22-26-17)15-5-7-16(21)8-6-15/h5-8,17H,2-4,9-14H2,1H3,(H,24,25)/t17-,20-/m1/s1. The molecule has 1 aromatic carbocycles. The number of carbonyl (C=O) groups is 1. The Morgan fingerprint density at radius 2 is 2.19 bits per heavy atom. The van der Waals surface area contributed by atoms with Gasteiger partial charge in [0.25, 0.3) is 0 Å². The van der Waals surface area contributed by atoms with Gasteiger partial charge in [0, 0.05) is 19.4 Å². The molecule has 0 aliphatic carbocycles. The van der Waals surface area contributed by atoms with Gasteiger partial charge in [-0.05, 0) is 50.0 Å². The molecule has 0 radical (unpaired) electrons. The maximum Gasteiger partial charge on any atom is 0.311 e. The van der Waals surface area contributed by atoms with E-state index in [4.69, 9.17) is 4.84 Å². The van der Waals surface area contributed by atoms with Crippen molar-refractivity contribution >= 4 is 11.7 Å². The summed E-state index contributed by atoms with van der Waals surface area (Å²) >= 11 is 0. The third-order valence-corrected chi connectivity index (χ3v) is 5.47. The Kier molecular flexibility index (Phi) is 5.91. The molecule has 0 unspecified atom stereocenters. The van der Waals surface area contributed by atoms with Crippen molar-refractivity contribution in [2.45, 2.75) is 51.6 Å². The monoisotopic (exact) mass is 362 g/mol. The van der Waals surface area contributed by atoms with Crippen LogP contribution < -0.4 is 0 Å². The summed E-state index contributed by atoms with van der Waals surface area (Å²) in [6, 6.07) is 6.16. The zero-order valence-electron chi connectivity index (χ0n) is 15.3. The maximum atomic E-state index is 13.1. The third-order valence-electron chi connectivity index (χ3n) is 5.47. The maximum absolute atomic E-state index is 13.1. The second-order valence-electron chi connectivity index (χ2n) is 7.50. The number of hydrogen-bond acceptors (Lipinski definition) is 4. The second-order valence-corrected chi connectivity index (χ2v) is 7.50. The van der Waals surface area contributed by atoms with Crippen LogP contribution in [0, 0.1) is 11.2 Å². The summed E-state index contributed by atoms with van der Waals surface area (Å²) in [7, 11) is 0. The number of piperidine rings is 1. The predicted octanol–water partition coefficient (Wildman–Crippen LogP) is 3.68. The molecule has 2 heterocycles. The van der Waals surface area contributed by atoms with Crippen LogP contribution in [0.4, 0.5) is 4.39 Å². The average molecular weight is 362 g/mol. The van der Waals surface area contributed by atoms with Crippen molar-refractivity contribution in [1.29, 1.82) is 0 Å². The van der Waals surface area contributed by atoms with Gasteiger partial charge in [0.1, 0.15) is 11.9 Å². The number of oxime groups is 1. The highest BCUT2D eigenvalue weighted by molar-refractivity contribution is 6.01. The van der Waals surface area contributed by atoms with Gasteiger partial charge in [0.15, 0.2) is 0 Å². The third kappa shape index (κ3) is 4.23. The molecule has 0 amide bonds. The van der Waals surface area contributed by atoms with E-state index in [0.717, 1.165) is 43.6 Å². The first-order valence-electron chi connectivity index (χ1n) is 9.47. The van der Waals surface area contributed by atoms with Crippen LogP contribution in [0.2, 0.25) is 0 Å². The van der Waals surface area contributed by atoms with Crippen molar-refractivity contribution in [3.05, 3.63) is 35.6 Å². The number of aliphatic carboxylic acids is 1. The Morgan fingerprint density at radius 1 is 1.42 bits per heavy atom. The SMILES string of the molecule is CCCCN1CCC[C@](C[C@H]2CC(c3ccc(F)cc3)=NO2)(C(=O)O)C1. The molecule has 2 atom stereocenters. The van der Waals surface area contributed by atoms with Crippen LogP contribution in [-0.4, -0.2) is 47.4 Å². The number of rotatable bonds is 7. The minimum absolute atomic E-state index is 0.239. The number of hydrogen-bond donors (Lipinski definition) is 1. The molecule has 26 heavy (non-hydrogen) atoms. The highest BCUT2D eigenvalue weighted by Gasteiger charge is 2.45. The van der Waals surface area contributed by atoms with E-state index in [2.05, 4.69) is 17.0 Å². The predicted molar refractivity (Wildman–Crippen MR) is 97.7 cm³/mol. The molecule has 2 aliphatic heterocycles. The number of halogens is 1. The fraction of sp³-hybridized carbons (Fsp3) is 0.600. The van der Waals surface area contributed by atoms with Crippen molar-refractivity contribution in [1.82, 2.24) is 4.90 Å². The number of benzene rings is 1. The quantitative estimate of drug-likeness (QED) is 0.804. The van der Waals surface area contributed by atoms with Crippen LogP contribution in [0.3, 0.4) is 0 Å². The Hall–Kier alpha value is -1.95. The molecule has 2 aliphatic rings. The minimum Gasteiger partial charge on any atom is -0.481 e.